The van der Waals surface area contributed by atoms with Crippen LogP contribution in [0, 0.1) is 6.92 Å². The number of carbonyl (C=O) groups is 2. The number of hydrogen-bond acceptors (Lipinski definition) is 6. The number of aryl methyl sites for hydroxylation is 1. The van der Waals surface area contributed by atoms with Gasteiger partial charge in [0.2, 0.25) is 5.76 Å². The fraction of sp³-hybridized carbons (Fsp3) is 0.333. The van der Waals surface area contributed by atoms with Gasteiger partial charge in [0.05, 0.1) is 17.0 Å². The van der Waals surface area contributed by atoms with Crippen LogP contribution in [0.5, 0.6) is 0 Å². The molecule has 3 aromatic rings. The Morgan fingerprint density at radius 1 is 1.17 bits per heavy atom. The van der Waals surface area contributed by atoms with Gasteiger partial charge in [0.1, 0.15) is 5.58 Å². The number of amides is 1. The van der Waals surface area contributed by atoms with Crippen LogP contribution in [-0.2, 0) is 19.4 Å². The number of hydrogen-bond donors (Lipinski definition) is 1. The summed E-state index contributed by atoms with van der Waals surface area (Å²) < 4.78 is 34.2. The van der Waals surface area contributed by atoms with Gasteiger partial charge >= 0.3 is 5.97 Å². The summed E-state index contributed by atoms with van der Waals surface area (Å²) in [5.41, 5.74) is 0.405. The van der Waals surface area contributed by atoms with Gasteiger partial charge in [0.15, 0.2) is 16.4 Å². The zero-order chi connectivity index (χ0) is 20.8. The second-order valence-electron chi connectivity index (χ2n) is 7.75. The van der Waals surface area contributed by atoms with Crippen molar-refractivity contribution < 1.29 is 27.2 Å². The Hall–Kier alpha value is -2.87. The molecule has 4 rings (SSSR count). The molecule has 0 aliphatic carbocycles. The molecule has 2 heterocycles. The van der Waals surface area contributed by atoms with Crippen LogP contribution >= 0.6 is 0 Å². The van der Waals surface area contributed by atoms with Crippen molar-refractivity contribution in [2.45, 2.75) is 25.8 Å². The first-order valence-electron chi connectivity index (χ1n) is 9.27. The monoisotopic (exact) mass is 415 g/mol. The van der Waals surface area contributed by atoms with E-state index < -0.39 is 33.9 Å². The molecule has 1 aromatic heterocycles. The van der Waals surface area contributed by atoms with E-state index in [1.165, 1.54) is 0 Å². The zero-order valence-electron chi connectivity index (χ0n) is 16.2. The van der Waals surface area contributed by atoms with E-state index in [9.17, 15) is 18.0 Å². The molecule has 0 unspecified atom stereocenters. The predicted octanol–water partition coefficient (Wildman–Crippen LogP) is 2.74. The lowest BCUT2D eigenvalue weighted by Crippen LogP contribution is -2.48. The van der Waals surface area contributed by atoms with E-state index in [0.29, 0.717) is 17.6 Å². The Morgan fingerprint density at radius 2 is 1.93 bits per heavy atom. The maximum Gasteiger partial charge on any atom is 0.375 e. The SMILES string of the molecule is Cc1c(C(=O)OCC(=O)N[C@@]2(C)CCS(=O)(=O)C2)oc2c1ccc1ccccc12. The molecule has 8 heteroatoms. The highest BCUT2D eigenvalue weighted by Gasteiger charge is 2.39. The van der Waals surface area contributed by atoms with Crippen molar-refractivity contribution in [1.29, 1.82) is 0 Å². The van der Waals surface area contributed by atoms with Gasteiger partial charge in [-0.3, -0.25) is 4.79 Å². The Balaban J connectivity index is 1.49. The van der Waals surface area contributed by atoms with Gasteiger partial charge in [0.25, 0.3) is 5.91 Å². The summed E-state index contributed by atoms with van der Waals surface area (Å²) in [5, 5.41) is 5.35. The van der Waals surface area contributed by atoms with E-state index >= 15 is 0 Å². The highest BCUT2D eigenvalue weighted by atomic mass is 32.2. The molecule has 2 aromatic carbocycles. The van der Waals surface area contributed by atoms with E-state index in [2.05, 4.69) is 5.32 Å². The fourth-order valence-electron chi connectivity index (χ4n) is 3.82. The lowest BCUT2D eigenvalue weighted by molar-refractivity contribution is -0.125. The van der Waals surface area contributed by atoms with Gasteiger partial charge in [0, 0.05) is 16.3 Å². The molecular formula is C21H21NO6S. The number of ether oxygens (including phenoxy) is 1. The maximum atomic E-state index is 12.5. The molecule has 1 saturated heterocycles. The average molecular weight is 415 g/mol. The molecule has 1 aliphatic heterocycles. The maximum absolute atomic E-state index is 12.5. The van der Waals surface area contributed by atoms with E-state index in [-0.39, 0.29) is 17.3 Å². The summed E-state index contributed by atoms with van der Waals surface area (Å²) >= 11 is 0. The second-order valence-corrected chi connectivity index (χ2v) is 9.93. The minimum Gasteiger partial charge on any atom is -0.450 e. The van der Waals surface area contributed by atoms with Crippen molar-refractivity contribution in [2.24, 2.45) is 0 Å². The number of furan rings is 1. The first-order valence-corrected chi connectivity index (χ1v) is 11.1. The Bertz CT molecular complexity index is 1240. The normalized spacial score (nSPS) is 20.8. The summed E-state index contributed by atoms with van der Waals surface area (Å²) in [5.74, 6) is -1.30. The molecule has 0 saturated carbocycles. The third-order valence-electron chi connectivity index (χ3n) is 5.29. The van der Waals surface area contributed by atoms with Crippen LogP contribution in [0.15, 0.2) is 40.8 Å². The third-order valence-corrected chi connectivity index (χ3v) is 7.20. The highest BCUT2D eigenvalue weighted by Crippen LogP contribution is 2.32. The quantitative estimate of drug-likeness (QED) is 0.658. The second kappa shape index (κ2) is 6.88. The van der Waals surface area contributed by atoms with Crippen molar-refractivity contribution in [3.8, 4) is 0 Å². The van der Waals surface area contributed by atoms with Crippen LogP contribution in [0.1, 0.15) is 29.5 Å². The van der Waals surface area contributed by atoms with Crippen molar-refractivity contribution in [3.05, 3.63) is 47.7 Å². The molecule has 1 atom stereocenters. The minimum absolute atomic E-state index is 0.0374. The molecule has 152 valence electrons. The number of benzene rings is 2. The summed E-state index contributed by atoms with van der Waals surface area (Å²) in [6.07, 6.45) is 0.338. The lowest BCUT2D eigenvalue weighted by atomic mass is 10.0. The van der Waals surface area contributed by atoms with Gasteiger partial charge in [-0.05, 0) is 25.7 Å². The van der Waals surface area contributed by atoms with Gasteiger partial charge in [-0.1, -0.05) is 36.4 Å². The van der Waals surface area contributed by atoms with Crippen LogP contribution < -0.4 is 5.32 Å². The van der Waals surface area contributed by atoms with Crippen molar-refractivity contribution in [2.75, 3.05) is 18.1 Å². The Morgan fingerprint density at radius 3 is 2.66 bits per heavy atom. The Labute approximate surface area is 167 Å². The number of carbonyl (C=O) groups excluding carboxylic acids is 2. The Kier molecular flexibility index (Phi) is 4.61. The molecule has 29 heavy (non-hydrogen) atoms. The first kappa shape index (κ1) is 19.4. The van der Waals surface area contributed by atoms with Crippen LogP contribution in [0.3, 0.4) is 0 Å². The van der Waals surface area contributed by atoms with Crippen molar-refractivity contribution in [3.63, 3.8) is 0 Å². The molecule has 0 spiro atoms. The van der Waals surface area contributed by atoms with E-state index in [0.717, 1.165) is 16.2 Å². The molecule has 1 aliphatic rings. The molecule has 1 N–H and O–H groups in total. The largest absolute Gasteiger partial charge is 0.450 e. The smallest absolute Gasteiger partial charge is 0.375 e. The van der Waals surface area contributed by atoms with E-state index in [4.69, 9.17) is 9.15 Å². The molecule has 7 nitrogen and oxygen atoms in total. The van der Waals surface area contributed by atoms with Gasteiger partial charge in [-0.15, -0.1) is 0 Å². The molecule has 0 bridgehead atoms. The van der Waals surface area contributed by atoms with Crippen LogP contribution in [-0.4, -0.2) is 43.9 Å². The van der Waals surface area contributed by atoms with E-state index in [1.807, 2.05) is 36.4 Å². The van der Waals surface area contributed by atoms with Crippen LogP contribution in [0.4, 0.5) is 0 Å². The number of nitrogens with one attached hydrogen (secondary N) is 1. The molecule has 0 radical (unpaired) electrons. The van der Waals surface area contributed by atoms with Gasteiger partial charge in [-0.25, -0.2) is 13.2 Å². The summed E-state index contributed by atoms with van der Waals surface area (Å²) in [6.45, 7) is 2.93. The van der Waals surface area contributed by atoms with Crippen molar-refractivity contribution >= 4 is 43.5 Å². The van der Waals surface area contributed by atoms with Crippen molar-refractivity contribution in [1.82, 2.24) is 5.32 Å². The minimum atomic E-state index is -3.15. The van der Waals surface area contributed by atoms with Gasteiger partial charge < -0.3 is 14.5 Å². The van der Waals surface area contributed by atoms with Crippen LogP contribution in [0.2, 0.25) is 0 Å². The first-order chi connectivity index (χ1) is 13.7. The lowest BCUT2D eigenvalue weighted by Gasteiger charge is -2.23. The molecule has 1 amide bonds. The number of fused-ring (bicyclic) bond motifs is 3. The summed E-state index contributed by atoms with van der Waals surface area (Å²) in [4.78, 5) is 24.7. The summed E-state index contributed by atoms with van der Waals surface area (Å²) in [7, 11) is -3.15. The number of esters is 1. The van der Waals surface area contributed by atoms with Gasteiger partial charge in [-0.2, -0.15) is 0 Å². The number of rotatable bonds is 4. The van der Waals surface area contributed by atoms with E-state index in [1.54, 1.807) is 13.8 Å². The van der Waals surface area contributed by atoms with Crippen LogP contribution in [0.25, 0.3) is 21.7 Å². The molecule has 1 fully saturated rings. The molecular weight excluding hydrogens is 394 g/mol. The fourth-order valence-corrected chi connectivity index (χ4v) is 5.92. The summed E-state index contributed by atoms with van der Waals surface area (Å²) in [6, 6.07) is 11.5. The average Bonchev–Trinajstić information content (AvgIpc) is 3.15. The topological polar surface area (TPSA) is 103 Å². The zero-order valence-corrected chi connectivity index (χ0v) is 17.0. The number of sulfone groups is 1. The standard InChI is InChI=1S/C21H21NO6S/c1-13-15-8-7-14-5-3-4-6-16(14)19(15)28-18(13)20(24)27-11-17(23)22-21(2)9-10-29(25,26)12-21/h3-8H,9-12H2,1-2H3,(H,22,23)/t21-/m0/s1. The predicted molar refractivity (Wildman–Crippen MR) is 109 cm³/mol. The highest BCUT2D eigenvalue weighted by molar-refractivity contribution is 7.91. The third kappa shape index (κ3) is 3.72.